The van der Waals surface area contributed by atoms with Gasteiger partial charge in [-0.15, -0.1) is 0 Å². The SMILES string of the molecule is CN1CCC(C(N)C(C)(C)CNC(=O)OC(C)(C)C)C1. The van der Waals surface area contributed by atoms with Crippen molar-refractivity contribution in [2.75, 3.05) is 26.7 Å². The topological polar surface area (TPSA) is 67.6 Å². The van der Waals surface area contributed by atoms with Crippen LogP contribution in [0.4, 0.5) is 4.79 Å². The summed E-state index contributed by atoms with van der Waals surface area (Å²) in [5.74, 6) is 0.496. The lowest BCUT2D eigenvalue weighted by molar-refractivity contribution is 0.0494. The molecular weight excluding hydrogens is 254 g/mol. The van der Waals surface area contributed by atoms with E-state index in [9.17, 15) is 4.79 Å². The van der Waals surface area contributed by atoms with Crippen LogP contribution in [0.15, 0.2) is 0 Å². The molecule has 1 aliphatic heterocycles. The Morgan fingerprint density at radius 1 is 1.40 bits per heavy atom. The lowest BCUT2D eigenvalue weighted by Gasteiger charge is -2.35. The van der Waals surface area contributed by atoms with Gasteiger partial charge in [0, 0.05) is 19.1 Å². The van der Waals surface area contributed by atoms with Crippen LogP contribution in [0.5, 0.6) is 0 Å². The van der Waals surface area contributed by atoms with Crippen LogP contribution in [0, 0.1) is 11.3 Å². The van der Waals surface area contributed by atoms with Crippen LogP contribution < -0.4 is 11.1 Å². The monoisotopic (exact) mass is 285 g/mol. The summed E-state index contributed by atoms with van der Waals surface area (Å²) >= 11 is 0. The Balaban J connectivity index is 2.46. The predicted octanol–water partition coefficient (Wildman–Crippen LogP) is 1.82. The van der Waals surface area contributed by atoms with Crippen molar-refractivity contribution in [1.82, 2.24) is 10.2 Å². The number of alkyl carbamates (subject to hydrolysis) is 1. The highest BCUT2D eigenvalue weighted by molar-refractivity contribution is 5.67. The van der Waals surface area contributed by atoms with Crippen molar-refractivity contribution < 1.29 is 9.53 Å². The Morgan fingerprint density at radius 2 is 2.00 bits per heavy atom. The summed E-state index contributed by atoms with van der Waals surface area (Å²) in [5, 5.41) is 2.84. The van der Waals surface area contributed by atoms with Crippen LogP contribution in [0.25, 0.3) is 0 Å². The first-order valence-corrected chi connectivity index (χ1v) is 7.42. The van der Waals surface area contributed by atoms with Gasteiger partial charge in [0.1, 0.15) is 5.60 Å². The zero-order valence-corrected chi connectivity index (χ0v) is 13.8. The standard InChI is InChI=1S/C15H31N3O2/c1-14(2,3)20-13(19)17-10-15(4,5)12(16)11-7-8-18(6)9-11/h11-12H,7-10,16H2,1-6H3,(H,17,19). The van der Waals surface area contributed by atoms with E-state index in [1.165, 1.54) is 0 Å². The molecule has 2 unspecified atom stereocenters. The highest BCUT2D eigenvalue weighted by Gasteiger charge is 2.36. The maximum atomic E-state index is 11.7. The molecule has 5 heteroatoms. The first-order chi connectivity index (χ1) is 9.01. The van der Waals surface area contributed by atoms with E-state index in [1.54, 1.807) is 0 Å². The number of rotatable bonds is 4. The van der Waals surface area contributed by atoms with Crippen molar-refractivity contribution in [2.24, 2.45) is 17.1 Å². The van der Waals surface area contributed by atoms with Crippen LogP contribution >= 0.6 is 0 Å². The maximum Gasteiger partial charge on any atom is 0.407 e. The predicted molar refractivity (Wildman–Crippen MR) is 81.6 cm³/mol. The number of carbonyl (C=O) groups is 1. The van der Waals surface area contributed by atoms with Gasteiger partial charge in [-0.05, 0) is 52.1 Å². The lowest BCUT2D eigenvalue weighted by atomic mass is 9.77. The molecule has 2 atom stereocenters. The minimum absolute atomic E-state index is 0.0717. The van der Waals surface area contributed by atoms with Crippen molar-refractivity contribution in [2.45, 2.75) is 52.7 Å². The minimum atomic E-state index is -0.468. The van der Waals surface area contributed by atoms with E-state index in [1.807, 2.05) is 20.8 Å². The van der Waals surface area contributed by atoms with Crippen molar-refractivity contribution >= 4 is 6.09 Å². The van der Waals surface area contributed by atoms with Crippen molar-refractivity contribution in [3.63, 3.8) is 0 Å². The molecule has 0 radical (unpaired) electrons. The lowest BCUT2D eigenvalue weighted by Crippen LogP contribution is -2.50. The Kier molecular flexibility index (Phi) is 5.44. The largest absolute Gasteiger partial charge is 0.444 e. The smallest absolute Gasteiger partial charge is 0.407 e. The van der Waals surface area contributed by atoms with Gasteiger partial charge < -0.3 is 20.7 Å². The number of amides is 1. The number of likely N-dealkylation sites (tertiary alicyclic amines) is 1. The van der Waals surface area contributed by atoms with E-state index in [0.717, 1.165) is 19.5 Å². The molecule has 1 heterocycles. The van der Waals surface area contributed by atoms with Crippen LogP contribution in [0.2, 0.25) is 0 Å². The third kappa shape index (κ3) is 5.29. The second kappa shape index (κ2) is 6.31. The third-order valence-corrected chi connectivity index (χ3v) is 3.93. The molecule has 0 spiro atoms. The number of nitrogens with two attached hydrogens (primary N) is 1. The van der Waals surface area contributed by atoms with Gasteiger partial charge in [0.05, 0.1) is 0 Å². The van der Waals surface area contributed by atoms with Gasteiger partial charge in [-0.1, -0.05) is 13.8 Å². The molecule has 1 fully saturated rings. The van der Waals surface area contributed by atoms with Crippen molar-refractivity contribution in [1.29, 1.82) is 0 Å². The van der Waals surface area contributed by atoms with Gasteiger partial charge in [0.2, 0.25) is 0 Å². The van der Waals surface area contributed by atoms with E-state index in [2.05, 4.69) is 31.1 Å². The highest BCUT2D eigenvalue weighted by Crippen LogP contribution is 2.29. The Labute approximate surface area is 123 Å². The van der Waals surface area contributed by atoms with E-state index >= 15 is 0 Å². The van der Waals surface area contributed by atoms with Gasteiger partial charge >= 0.3 is 6.09 Å². The van der Waals surface area contributed by atoms with Crippen LogP contribution in [0.1, 0.15) is 41.0 Å². The molecule has 0 saturated carbocycles. The third-order valence-electron chi connectivity index (χ3n) is 3.93. The summed E-state index contributed by atoms with van der Waals surface area (Å²) in [6.07, 6.45) is 0.759. The molecule has 0 aromatic carbocycles. The number of nitrogens with zero attached hydrogens (tertiary/aromatic N) is 1. The average molecular weight is 285 g/mol. The number of hydrogen-bond acceptors (Lipinski definition) is 4. The van der Waals surface area contributed by atoms with E-state index in [-0.39, 0.29) is 17.6 Å². The second-order valence-electron chi connectivity index (χ2n) is 7.68. The van der Waals surface area contributed by atoms with Crippen LogP contribution in [-0.4, -0.2) is 49.3 Å². The minimum Gasteiger partial charge on any atom is -0.444 e. The molecule has 20 heavy (non-hydrogen) atoms. The molecule has 118 valence electrons. The zero-order chi connectivity index (χ0) is 15.6. The first-order valence-electron chi connectivity index (χ1n) is 7.42. The van der Waals surface area contributed by atoms with Gasteiger partial charge in [0.15, 0.2) is 0 Å². The molecule has 0 aromatic rings. The fourth-order valence-electron chi connectivity index (χ4n) is 2.63. The fourth-order valence-corrected chi connectivity index (χ4v) is 2.63. The fraction of sp³-hybridized carbons (Fsp3) is 0.933. The molecule has 0 bridgehead atoms. The summed E-state index contributed by atoms with van der Waals surface area (Å²) in [6, 6.07) is 0.0717. The van der Waals surface area contributed by atoms with Crippen LogP contribution in [-0.2, 0) is 4.74 Å². The summed E-state index contributed by atoms with van der Waals surface area (Å²) in [4.78, 5) is 14.0. The zero-order valence-electron chi connectivity index (χ0n) is 13.8. The number of nitrogens with one attached hydrogen (secondary N) is 1. The summed E-state index contributed by atoms with van der Waals surface area (Å²) < 4.78 is 5.26. The quantitative estimate of drug-likeness (QED) is 0.827. The number of carbonyl (C=O) groups excluding carboxylic acids is 1. The molecule has 1 saturated heterocycles. The van der Waals surface area contributed by atoms with Gasteiger partial charge in [0.25, 0.3) is 0 Å². The Morgan fingerprint density at radius 3 is 2.45 bits per heavy atom. The molecule has 5 nitrogen and oxygen atoms in total. The van der Waals surface area contributed by atoms with E-state index in [0.29, 0.717) is 12.5 Å². The van der Waals surface area contributed by atoms with Gasteiger partial charge in [-0.25, -0.2) is 4.79 Å². The van der Waals surface area contributed by atoms with E-state index in [4.69, 9.17) is 10.5 Å². The molecule has 3 N–H and O–H groups in total. The van der Waals surface area contributed by atoms with Crippen molar-refractivity contribution in [3.8, 4) is 0 Å². The molecule has 1 rings (SSSR count). The van der Waals surface area contributed by atoms with Crippen molar-refractivity contribution in [3.05, 3.63) is 0 Å². The van der Waals surface area contributed by atoms with Gasteiger partial charge in [-0.2, -0.15) is 0 Å². The van der Waals surface area contributed by atoms with Gasteiger partial charge in [-0.3, -0.25) is 0 Å². The maximum absolute atomic E-state index is 11.7. The molecule has 0 aliphatic carbocycles. The highest BCUT2D eigenvalue weighted by atomic mass is 16.6. The average Bonchev–Trinajstić information content (AvgIpc) is 2.70. The first kappa shape index (κ1) is 17.2. The normalized spacial score (nSPS) is 22.6. The van der Waals surface area contributed by atoms with Crippen LogP contribution in [0.3, 0.4) is 0 Å². The Hall–Kier alpha value is -0.810. The molecular formula is C15H31N3O2. The molecule has 0 aromatic heterocycles. The van der Waals surface area contributed by atoms with E-state index < -0.39 is 5.60 Å². The Bertz CT molecular complexity index is 337. The molecule has 1 amide bonds. The number of hydrogen-bond donors (Lipinski definition) is 2. The summed E-state index contributed by atoms with van der Waals surface area (Å²) in [7, 11) is 2.12. The number of ether oxygens (including phenoxy) is 1. The summed E-state index contributed by atoms with van der Waals surface area (Å²) in [6.45, 7) is 12.5. The second-order valence-corrected chi connectivity index (χ2v) is 7.68. The molecule has 1 aliphatic rings. The summed E-state index contributed by atoms with van der Waals surface area (Å²) in [5.41, 5.74) is 5.80.